The van der Waals surface area contributed by atoms with Crippen LogP contribution in [0.3, 0.4) is 0 Å². The summed E-state index contributed by atoms with van der Waals surface area (Å²) in [7, 11) is 0. The Morgan fingerprint density at radius 1 is 1.16 bits per heavy atom. The van der Waals surface area contributed by atoms with Gasteiger partial charge in [0.1, 0.15) is 6.33 Å². The zero-order valence-electron chi connectivity index (χ0n) is 20.8. The molecule has 0 spiro atoms. The van der Waals surface area contributed by atoms with E-state index in [1.165, 1.54) is 0 Å². The van der Waals surface area contributed by atoms with E-state index in [9.17, 15) is 9.59 Å². The van der Waals surface area contributed by atoms with Crippen molar-refractivity contribution in [2.24, 2.45) is 11.7 Å². The van der Waals surface area contributed by atoms with Gasteiger partial charge in [0.25, 0.3) is 0 Å². The number of rotatable bonds is 7. The molecular formula is C26H31N7O4. The lowest BCUT2D eigenvalue weighted by Crippen LogP contribution is -2.45. The molecule has 0 radical (unpaired) electrons. The molecule has 2 atom stereocenters. The first kappa shape index (κ1) is 24.5. The molecule has 5 rings (SSSR count). The second-order valence-electron chi connectivity index (χ2n) is 9.44. The highest BCUT2D eigenvalue weighted by molar-refractivity contribution is 5.76. The van der Waals surface area contributed by atoms with Gasteiger partial charge < -0.3 is 25.4 Å². The van der Waals surface area contributed by atoms with Crippen LogP contribution in [0.25, 0.3) is 5.95 Å². The highest BCUT2D eigenvalue weighted by Crippen LogP contribution is 2.37. The summed E-state index contributed by atoms with van der Waals surface area (Å²) < 4.78 is 12.6. The summed E-state index contributed by atoms with van der Waals surface area (Å²) in [6.45, 7) is 3.12. The van der Waals surface area contributed by atoms with Crippen molar-refractivity contribution in [1.82, 2.24) is 29.7 Å². The fourth-order valence-corrected chi connectivity index (χ4v) is 5.07. The fraction of sp³-hybridized carbons (Fsp3) is 0.423. The van der Waals surface area contributed by atoms with Gasteiger partial charge in [0, 0.05) is 37.6 Å². The number of benzene rings is 1. The number of amides is 3. The molecule has 11 heteroatoms. The van der Waals surface area contributed by atoms with E-state index in [-0.39, 0.29) is 31.1 Å². The third kappa shape index (κ3) is 5.65. The van der Waals surface area contributed by atoms with E-state index in [1.54, 1.807) is 28.2 Å². The van der Waals surface area contributed by atoms with E-state index >= 15 is 0 Å². The van der Waals surface area contributed by atoms with Gasteiger partial charge in [0.05, 0.1) is 11.7 Å². The molecule has 1 aromatic carbocycles. The van der Waals surface area contributed by atoms with Crippen molar-refractivity contribution >= 4 is 11.9 Å². The summed E-state index contributed by atoms with van der Waals surface area (Å²) >= 11 is 0. The number of urea groups is 1. The number of fused-ring (bicyclic) bond motifs is 1. The smallest absolute Gasteiger partial charge is 0.317 e. The molecule has 0 bridgehead atoms. The van der Waals surface area contributed by atoms with Crippen LogP contribution in [0.2, 0.25) is 0 Å². The van der Waals surface area contributed by atoms with Crippen molar-refractivity contribution in [3.8, 4) is 17.4 Å². The van der Waals surface area contributed by atoms with E-state index in [0.717, 1.165) is 42.0 Å². The van der Waals surface area contributed by atoms with Crippen LogP contribution in [0.4, 0.5) is 4.79 Å². The molecule has 2 aromatic heterocycles. The number of hydrogen-bond acceptors (Lipinski definition) is 7. The molecule has 2 unspecified atom stereocenters. The minimum Gasteiger partial charge on any atom is -0.454 e. The first-order valence-electron chi connectivity index (χ1n) is 12.5. The zero-order valence-corrected chi connectivity index (χ0v) is 20.8. The van der Waals surface area contributed by atoms with Crippen molar-refractivity contribution in [2.45, 2.75) is 45.1 Å². The Bertz CT molecular complexity index is 1260. The first-order chi connectivity index (χ1) is 18.0. The lowest BCUT2D eigenvalue weighted by atomic mass is 9.88. The van der Waals surface area contributed by atoms with Crippen molar-refractivity contribution in [3.63, 3.8) is 0 Å². The number of hydrogen-bond donors (Lipinski definition) is 2. The summed E-state index contributed by atoms with van der Waals surface area (Å²) in [6, 6.07) is 7.07. The largest absolute Gasteiger partial charge is 0.454 e. The molecule has 0 saturated carbocycles. The molecule has 3 amide bonds. The van der Waals surface area contributed by atoms with Crippen LogP contribution >= 0.6 is 0 Å². The van der Waals surface area contributed by atoms with Gasteiger partial charge in [0.2, 0.25) is 18.6 Å². The summed E-state index contributed by atoms with van der Waals surface area (Å²) in [6.07, 6.45) is 8.39. The van der Waals surface area contributed by atoms with Crippen molar-refractivity contribution < 1.29 is 19.1 Å². The molecule has 2 aliphatic heterocycles. The third-order valence-electron chi connectivity index (χ3n) is 6.76. The molecule has 1 saturated heterocycles. The number of imidazole rings is 1. The molecule has 2 aliphatic rings. The number of ether oxygens (including phenoxy) is 2. The standard InChI is InChI=1S/C26H31N7O4/c1-17-12-20(31-25(30-17)32-11-9-28-15-32)24-19(14-23(27)34)4-2-3-10-33(24)26(35)29-8-7-18-5-6-21-22(13-18)37-16-36-21/h5-6,9,11-13,15,19,24H,2-4,7-8,10,14,16H2,1H3,(H2,27,34)(H,29,35). The van der Waals surface area contributed by atoms with Crippen LogP contribution in [0.15, 0.2) is 43.0 Å². The van der Waals surface area contributed by atoms with Crippen LogP contribution in [0.5, 0.6) is 11.5 Å². The molecule has 37 heavy (non-hydrogen) atoms. The van der Waals surface area contributed by atoms with E-state index in [2.05, 4.69) is 15.3 Å². The van der Waals surface area contributed by atoms with Gasteiger partial charge in [-0.3, -0.25) is 9.36 Å². The Balaban J connectivity index is 1.38. The number of nitrogens with one attached hydrogen (secondary N) is 1. The Labute approximate surface area is 215 Å². The van der Waals surface area contributed by atoms with Crippen LogP contribution < -0.4 is 20.5 Å². The molecule has 0 aliphatic carbocycles. The lowest BCUT2D eigenvalue weighted by molar-refractivity contribution is -0.119. The zero-order chi connectivity index (χ0) is 25.8. The topological polar surface area (TPSA) is 137 Å². The lowest BCUT2D eigenvalue weighted by Gasteiger charge is -2.34. The molecular weight excluding hydrogens is 474 g/mol. The van der Waals surface area contributed by atoms with Gasteiger partial charge in [-0.2, -0.15) is 0 Å². The molecule has 1 fully saturated rings. The van der Waals surface area contributed by atoms with Crippen LogP contribution in [-0.4, -0.2) is 56.2 Å². The van der Waals surface area contributed by atoms with Crippen LogP contribution in [0, 0.1) is 12.8 Å². The van der Waals surface area contributed by atoms with Crippen molar-refractivity contribution in [1.29, 1.82) is 0 Å². The highest BCUT2D eigenvalue weighted by Gasteiger charge is 2.36. The SMILES string of the molecule is Cc1cc(C2C(CC(N)=O)CCCCN2C(=O)NCCc2ccc3c(c2)OCO3)nc(-n2ccnc2)n1. The summed E-state index contributed by atoms with van der Waals surface area (Å²) in [5.74, 6) is 1.39. The normalized spacial score (nSPS) is 18.9. The highest BCUT2D eigenvalue weighted by atomic mass is 16.7. The van der Waals surface area contributed by atoms with Crippen LogP contribution in [0.1, 0.15) is 48.7 Å². The van der Waals surface area contributed by atoms with Gasteiger partial charge in [-0.25, -0.2) is 19.7 Å². The maximum absolute atomic E-state index is 13.5. The van der Waals surface area contributed by atoms with Crippen molar-refractivity contribution in [2.75, 3.05) is 19.9 Å². The van der Waals surface area contributed by atoms with E-state index in [1.807, 2.05) is 31.2 Å². The van der Waals surface area contributed by atoms with Crippen molar-refractivity contribution in [3.05, 3.63) is 59.9 Å². The number of primary amides is 1. The minimum absolute atomic E-state index is 0.149. The number of aromatic nitrogens is 4. The van der Waals surface area contributed by atoms with Gasteiger partial charge in [-0.15, -0.1) is 0 Å². The Morgan fingerprint density at radius 2 is 2.03 bits per heavy atom. The number of carbonyl (C=O) groups excluding carboxylic acids is 2. The fourth-order valence-electron chi connectivity index (χ4n) is 5.07. The predicted molar refractivity (Wildman–Crippen MR) is 134 cm³/mol. The summed E-state index contributed by atoms with van der Waals surface area (Å²) in [5.41, 5.74) is 8.13. The van der Waals surface area contributed by atoms with E-state index in [4.69, 9.17) is 20.2 Å². The molecule has 3 N–H and O–H groups in total. The van der Waals surface area contributed by atoms with Gasteiger partial charge in [0.15, 0.2) is 11.5 Å². The number of carbonyl (C=O) groups is 2. The summed E-state index contributed by atoms with van der Waals surface area (Å²) in [5, 5.41) is 3.07. The molecule has 3 aromatic rings. The average Bonchev–Trinajstić information content (AvgIpc) is 3.53. The second-order valence-corrected chi connectivity index (χ2v) is 9.44. The predicted octanol–water partition coefficient (Wildman–Crippen LogP) is 2.67. The van der Waals surface area contributed by atoms with Gasteiger partial charge >= 0.3 is 6.03 Å². The summed E-state index contributed by atoms with van der Waals surface area (Å²) in [4.78, 5) is 40.8. The number of nitrogens with zero attached hydrogens (tertiary/aromatic N) is 5. The van der Waals surface area contributed by atoms with Gasteiger partial charge in [-0.1, -0.05) is 12.5 Å². The van der Waals surface area contributed by atoms with Gasteiger partial charge in [-0.05, 0) is 55.9 Å². The Kier molecular flexibility index (Phi) is 7.20. The van der Waals surface area contributed by atoms with E-state index < -0.39 is 6.04 Å². The quantitative estimate of drug-likeness (QED) is 0.503. The first-order valence-corrected chi connectivity index (χ1v) is 12.5. The molecule has 11 nitrogen and oxygen atoms in total. The Morgan fingerprint density at radius 3 is 2.84 bits per heavy atom. The molecule has 4 heterocycles. The monoisotopic (exact) mass is 505 g/mol. The molecule has 194 valence electrons. The Hall–Kier alpha value is -4.15. The maximum atomic E-state index is 13.5. The van der Waals surface area contributed by atoms with E-state index in [0.29, 0.717) is 31.2 Å². The number of aryl methyl sites for hydroxylation is 1. The maximum Gasteiger partial charge on any atom is 0.317 e. The number of nitrogens with two attached hydrogens (primary N) is 1. The third-order valence-corrected chi connectivity index (χ3v) is 6.76. The average molecular weight is 506 g/mol. The second kappa shape index (κ2) is 10.9. The number of likely N-dealkylation sites (tertiary alicyclic amines) is 1. The minimum atomic E-state index is -0.412. The van der Waals surface area contributed by atoms with Crippen LogP contribution in [-0.2, 0) is 11.2 Å².